The van der Waals surface area contributed by atoms with Crippen LogP contribution in [0.2, 0.25) is 0 Å². The number of β-lactam (4-membered cyclic amide) rings is 1. The molecule has 32 heavy (non-hydrogen) atoms. The number of oxime groups is 1. The van der Waals surface area contributed by atoms with Gasteiger partial charge in [0.05, 0.1) is 0 Å². The molecule has 174 valence electrons. The van der Waals surface area contributed by atoms with Gasteiger partial charge in [-0.25, -0.2) is 9.78 Å². The fourth-order valence-corrected chi connectivity index (χ4v) is 6.59. The Morgan fingerprint density at radius 2 is 2.03 bits per heavy atom. The zero-order chi connectivity index (χ0) is 23.2. The fourth-order valence-electron chi connectivity index (χ4n) is 4.42. The summed E-state index contributed by atoms with van der Waals surface area (Å²) < 4.78 is -0.673. The number of hydrogen-bond donors (Lipinski definition) is 3. The SMILES string of the molecule is CC1(C)S[C@@H]2[C@@H](NC(=O)/C(=N\O[C@H]3CC[C@H](C)CC3)c3csc(N)n3)C(=O)N2[C@H]1C(=O)O. The van der Waals surface area contributed by atoms with Crippen molar-refractivity contribution in [1.82, 2.24) is 15.2 Å². The third-order valence-corrected chi connectivity index (χ3v) is 8.44. The maximum Gasteiger partial charge on any atom is 0.327 e. The quantitative estimate of drug-likeness (QED) is 0.316. The van der Waals surface area contributed by atoms with E-state index in [0.29, 0.717) is 5.92 Å². The Morgan fingerprint density at radius 1 is 1.34 bits per heavy atom. The number of aliphatic carboxylic acids is 1. The Kier molecular flexibility index (Phi) is 6.10. The number of fused-ring (bicyclic) bond motifs is 1. The minimum Gasteiger partial charge on any atom is -0.480 e. The lowest BCUT2D eigenvalue weighted by molar-refractivity contribution is -0.160. The van der Waals surface area contributed by atoms with Crippen LogP contribution in [0.5, 0.6) is 0 Å². The molecule has 0 radical (unpaired) electrons. The topological polar surface area (TPSA) is 147 Å². The predicted molar refractivity (Wildman–Crippen MR) is 121 cm³/mol. The number of anilines is 1. The van der Waals surface area contributed by atoms with E-state index in [2.05, 4.69) is 22.4 Å². The van der Waals surface area contributed by atoms with Gasteiger partial charge in [-0.05, 0) is 45.4 Å². The zero-order valence-electron chi connectivity index (χ0n) is 18.1. The van der Waals surface area contributed by atoms with Crippen LogP contribution in [-0.4, -0.2) is 66.8 Å². The molecular formula is C20H27N5O5S2. The standard InChI is InChI=1S/C20H27N5O5S2/c1-9-4-6-10(7-5-9)30-24-12(11-8-31-19(21)22-11)15(26)23-13-16(27)25-14(18(28)29)20(2,3)32-17(13)25/h8-10,13-14,17H,4-7H2,1-3H3,(H2,21,22)(H,23,26)(H,28,29)/b24-12-/t9-,10-,13-,14-,17+/m0/s1. The van der Waals surface area contributed by atoms with Crippen molar-refractivity contribution >= 4 is 51.7 Å². The number of carbonyl (C=O) groups is 3. The molecule has 0 unspecified atom stereocenters. The Balaban J connectivity index is 1.49. The number of thiazole rings is 1. The molecule has 12 heteroatoms. The minimum absolute atomic E-state index is 0.0418. The fraction of sp³-hybridized carbons (Fsp3) is 0.650. The molecule has 2 aliphatic heterocycles. The molecule has 1 aliphatic carbocycles. The molecule has 1 saturated carbocycles. The second kappa shape index (κ2) is 8.54. The van der Waals surface area contributed by atoms with Crippen LogP contribution >= 0.6 is 23.1 Å². The highest BCUT2D eigenvalue weighted by Gasteiger charge is 2.64. The van der Waals surface area contributed by atoms with Crippen LogP contribution in [0, 0.1) is 5.92 Å². The number of carbonyl (C=O) groups excluding carboxylic acids is 2. The van der Waals surface area contributed by atoms with E-state index in [1.54, 1.807) is 19.2 Å². The van der Waals surface area contributed by atoms with Gasteiger partial charge in [0.2, 0.25) is 5.91 Å². The summed E-state index contributed by atoms with van der Waals surface area (Å²) in [6, 6.07) is -1.78. The number of hydrogen-bond acceptors (Lipinski definition) is 9. The molecule has 2 amide bonds. The second-order valence-electron chi connectivity index (χ2n) is 9.05. The van der Waals surface area contributed by atoms with Crippen molar-refractivity contribution in [2.75, 3.05) is 5.73 Å². The number of rotatable bonds is 6. The average molecular weight is 482 g/mol. The van der Waals surface area contributed by atoms with E-state index in [1.807, 2.05) is 0 Å². The van der Waals surface area contributed by atoms with Crippen molar-refractivity contribution in [3.63, 3.8) is 0 Å². The molecule has 0 bridgehead atoms. The van der Waals surface area contributed by atoms with Gasteiger partial charge in [-0.2, -0.15) is 0 Å². The average Bonchev–Trinajstić information content (AvgIpc) is 3.26. The van der Waals surface area contributed by atoms with E-state index >= 15 is 0 Å². The Bertz CT molecular complexity index is 956. The molecule has 0 spiro atoms. The smallest absolute Gasteiger partial charge is 0.327 e. The Hall–Kier alpha value is -2.34. The molecule has 3 atom stereocenters. The van der Waals surface area contributed by atoms with Gasteiger partial charge in [0.25, 0.3) is 5.91 Å². The van der Waals surface area contributed by atoms with E-state index < -0.39 is 40.0 Å². The number of nitrogens with zero attached hydrogens (tertiary/aromatic N) is 3. The van der Waals surface area contributed by atoms with Crippen molar-refractivity contribution in [1.29, 1.82) is 0 Å². The molecule has 4 rings (SSSR count). The molecule has 3 heterocycles. The molecule has 4 N–H and O–H groups in total. The van der Waals surface area contributed by atoms with Crippen LogP contribution in [0.3, 0.4) is 0 Å². The lowest BCUT2D eigenvalue weighted by Gasteiger charge is -2.43. The van der Waals surface area contributed by atoms with Crippen molar-refractivity contribution in [3.05, 3.63) is 11.1 Å². The first-order valence-corrected chi connectivity index (χ1v) is 12.3. The lowest BCUT2D eigenvalue weighted by atomic mass is 9.89. The van der Waals surface area contributed by atoms with Gasteiger partial charge in [-0.1, -0.05) is 12.1 Å². The summed E-state index contributed by atoms with van der Waals surface area (Å²) in [6.07, 6.45) is 3.72. The third-order valence-electron chi connectivity index (χ3n) is 6.20. The molecule has 1 aromatic heterocycles. The van der Waals surface area contributed by atoms with E-state index in [0.717, 1.165) is 25.7 Å². The molecule has 3 aliphatic rings. The van der Waals surface area contributed by atoms with Gasteiger partial charge in [0.1, 0.15) is 29.3 Å². The number of thioether (sulfide) groups is 1. The van der Waals surface area contributed by atoms with Gasteiger partial charge < -0.3 is 25.9 Å². The molecule has 1 aromatic rings. The highest BCUT2D eigenvalue weighted by molar-refractivity contribution is 8.01. The molecule has 2 saturated heterocycles. The van der Waals surface area contributed by atoms with Crippen LogP contribution in [0.1, 0.15) is 52.1 Å². The maximum atomic E-state index is 13.1. The molecule has 10 nitrogen and oxygen atoms in total. The third kappa shape index (κ3) is 4.17. The van der Waals surface area contributed by atoms with Crippen molar-refractivity contribution in [2.45, 2.75) is 74.8 Å². The van der Waals surface area contributed by atoms with Crippen LogP contribution in [0.4, 0.5) is 5.13 Å². The van der Waals surface area contributed by atoms with Gasteiger partial charge in [0, 0.05) is 10.1 Å². The van der Waals surface area contributed by atoms with Crippen molar-refractivity contribution in [2.24, 2.45) is 11.1 Å². The van der Waals surface area contributed by atoms with E-state index in [4.69, 9.17) is 10.6 Å². The number of nitrogens with one attached hydrogen (secondary N) is 1. The number of carboxylic acid groups (broad SMARTS) is 1. The summed E-state index contributed by atoms with van der Waals surface area (Å²) in [5, 5.41) is 17.8. The van der Waals surface area contributed by atoms with Gasteiger partial charge in [-0.15, -0.1) is 23.1 Å². The highest BCUT2D eigenvalue weighted by atomic mass is 32.2. The predicted octanol–water partition coefficient (Wildman–Crippen LogP) is 1.66. The Morgan fingerprint density at radius 3 is 2.62 bits per heavy atom. The monoisotopic (exact) mass is 481 g/mol. The van der Waals surface area contributed by atoms with Crippen molar-refractivity contribution < 1.29 is 24.3 Å². The van der Waals surface area contributed by atoms with Crippen LogP contribution in [-0.2, 0) is 19.2 Å². The highest BCUT2D eigenvalue weighted by Crippen LogP contribution is 2.50. The van der Waals surface area contributed by atoms with Gasteiger partial charge in [0.15, 0.2) is 10.8 Å². The minimum atomic E-state index is -1.06. The van der Waals surface area contributed by atoms with Crippen molar-refractivity contribution in [3.8, 4) is 0 Å². The van der Waals surface area contributed by atoms with E-state index in [9.17, 15) is 19.5 Å². The summed E-state index contributed by atoms with van der Waals surface area (Å²) in [7, 11) is 0. The first-order valence-electron chi connectivity index (χ1n) is 10.6. The number of carboxylic acids is 1. The summed E-state index contributed by atoms with van der Waals surface area (Å²) in [4.78, 5) is 48.6. The van der Waals surface area contributed by atoms with Crippen LogP contribution in [0.25, 0.3) is 0 Å². The summed E-state index contributed by atoms with van der Waals surface area (Å²) in [5.41, 5.74) is 5.97. The van der Waals surface area contributed by atoms with E-state index in [1.165, 1.54) is 28.0 Å². The number of nitrogen functional groups attached to an aromatic ring is 1. The van der Waals surface area contributed by atoms with Crippen LogP contribution in [0.15, 0.2) is 10.5 Å². The normalized spacial score (nSPS) is 31.6. The summed E-state index contributed by atoms with van der Waals surface area (Å²) in [6.45, 7) is 5.77. The first-order chi connectivity index (χ1) is 15.1. The Labute approximate surface area is 193 Å². The summed E-state index contributed by atoms with van der Waals surface area (Å²) in [5.74, 6) is -1.43. The first kappa shape index (κ1) is 22.8. The zero-order valence-corrected chi connectivity index (χ0v) is 19.7. The summed E-state index contributed by atoms with van der Waals surface area (Å²) >= 11 is 2.54. The molecular weight excluding hydrogens is 454 g/mol. The van der Waals surface area contributed by atoms with Gasteiger partial charge >= 0.3 is 5.97 Å². The number of nitrogens with two attached hydrogens (primary N) is 1. The second-order valence-corrected chi connectivity index (χ2v) is 11.7. The number of amides is 2. The molecule has 0 aromatic carbocycles. The van der Waals surface area contributed by atoms with Crippen LogP contribution < -0.4 is 11.1 Å². The van der Waals surface area contributed by atoms with Gasteiger partial charge in [-0.3, -0.25) is 9.59 Å². The van der Waals surface area contributed by atoms with E-state index in [-0.39, 0.29) is 22.6 Å². The number of aromatic nitrogens is 1. The maximum absolute atomic E-state index is 13.1. The molecule has 3 fully saturated rings. The largest absolute Gasteiger partial charge is 0.480 e. The lowest BCUT2D eigenvalue weighted by Crippen LogP contribution is -2.71.